The van der Waals surface area contributed by atoms with Crippen molar-refractivity contribution in [2.75, 3.05) is 13.1 Å². The largest absolute Gasteiger partial charge is 0.308 e. The minimum Gasteiger partial charge on any atom is -0.308 e. The molecule has 0 spiro atoms. The van der Waals surface area contributed by atoms with E-state index in [0.29, 0.717) is 19.4 Å². The molecule has 0 aromatic carbocycles. The zero-order chi connectivity index (χ0) is 9.84. The van der Waals surface area contributed by atoms with Crippen LogP contribution in [0.3, 0.4) is 0 Å². The maximum absolute atomic E-state index is 10.3. The summed E-state index contributed by atoms with van der Waals surface area (Å²) in [5.41, 5.74) is 0. The van der Waals surface area contributed by atoms with E-state index in [1.807, 2.05) is 0 Å². The van der Waals surface area contributed by atoms with Crippen molar-refractivity contribution in [1.29, 1.82) is 0 Å². The van der Waals surface area contributed by atoms with Crippen LogP contribution in [0.1, 0.15) is 12.8 Å². The van der Waals surface area contributed by atoms with Gasteiger partial charge in [-0.2, -0.15) is 0 Å². The maximum Gasteiger partial charge on any atom is 0.294 e. The Bertz CT molecular complexity index is 220. The van der Waals surface area contributed by atoms with Crippen molar-refractivity contribution in [1.82, 2.24) is 5.01 Å². The van der Waals surface area contributed by atoms with Gasteiger partial charge >= 0.3 is 0 Å². The summed E-state index contributed by atoms with van der Waals surface area (Å²) < 4.78 is 0. The second-order valence-electron chi connectivity index (χ2n) is 2.74. The number of hydrogen-bond donors (Lipinski definition) is 0. The zero-order valence-corrected chi connectivity index (χ0v) is 6.79. The van der Waals surface area contributed by atoms with Crippen LogP contribution in [0.4, 0.5) is 0 Å². The third-order valence-electron chi connectivity index (χ3n) is 1.82. The standard InChI is InChI=1S/C5H9N3O5/c9-7(10)6-3-1-2-5(4-6)13-8(11)12/h5H,1-4H2. The van der Waals surface area contributed by atoms with Crippen LogP contribution >= 0.6 is 0 Å². The first kappa shape index (κ1) is 9.49. The number of piperidine rings is 1. The normalized spacial score (nSPS) is 22.5. The Morgan fingerprint density at radius 3 is 2.62 bits per heavy atom. The van der Waals surface area contributed by atoms with Gasteiger partial charge in [-0.15, -0.1) is 15.1 Å². The molecule has 0 bridgehead atoms. The SMILES string of the molecule is O=[N+]([O-])OC1CCCN([N+](=O)[O-])C1. The molecule has 74 valence electrons. The van der Waals surface area contributed by atoms with Gasteiger partial charge in [0.05, 0.1) is 6.54 Å². The molecule has 1 unspecified atom stereocenters. The van der Waals surface area contributed by atoms with Crippen molar-refractivity contribution in [2.24, 2.45) is 0 Å². The summed E-state index contributed by atoms with van der Waals surface area (Å²) in [6.07, 6.45) is 0.360. The Kier molecular flexibility index (Phi) is 2.83. The van der Waals surface area contributed by atoms with E-state index in [2.05, 4.69) is 4.84 Å². The molecule has 0 radical (unpaired) electrons. The van der Waals surface area contributed by atoms with Crippen LogP contribution in [0.2, 0.25) is 0 Å². The van der Waals surface area contributed by atoms with Gasteiger partial charge in [0.15, 0.2) is 5.03 Å². The van der Waals surface area contributed by atoms with Gasteiger partial charge in [0, 0.05) is 0 Å². The molecule has 13 heavy (non-hydrogen) atoms. The lowest BCUT2D eigenvalue weighted by Crippen LogP contribution is -2.43. The molecule has 0 N–H and O–H groups in total. The summed E-state index contributed by atoms with van der Waals surface area (Å²) in [4.78, 5) is 24.5. The zero-order valence-electron chi connectivity index (χ0n) is 6.79. The van der Waals surface area contributed by atoms with Crippen LogP contribution in [0.15, 0.2) is 0 Å². The second kappa shape index (κ2) is 3.87. The third kappa shape index (κ3) is 2.73. The van der Waals surface area contributed by atoms with Crippen molar-refractivity contribution >= 4 is 0 Å². The van der Waals surface area contributed by atoms with Gasteiger partial charge in [0.2, 0.25) is 0 Å². The van der Waals surface area contributed by atoms with Gasteiger partial charge in [0.1, 0.15) is 12.6 Å². The molecule has 8 heteroatoms. The molecule has 1 heterocycles. The topological polar surface area (TPSA) is 98.8 Å². The van der Waals surface area contributed by atoms with Gasteiger partial charge in [-0.05, 0) is 12.8 Å². The predicted molar refractivity (Wildman–Crippen MR) is 39.7 cm³/mol. The molecule has 8 nitrogen and oxygen atoms in total. The number of hydrazine groups is 1. The number of nitro groups is 1. The van der Waals surface area contributed by atoms with Crippen LogP contribution in [0, 0.1) is 20.2 Å². The van der Waals surface area contributed by atoms with E-state index in [0.717, 1.165) is 5.01 Å². The van der Waals surface area contributed by atoms with Gasteiger partial charge in [-0.25, -0.2) is 10.1 Å². The Balaban J connectivity index is 2.41. The molecule has 0 aliphatic carbocycles. The van der Waals surface area contributed by atoms with Crippen LogP contribution in [-0.2, 0) is 4.84 Å². The van der Waals surface area contributed by atoms with E-state index >= 15 is 0 Å². The van der Waals surface area contributed by atoms with Crippen LogP contribution in [0.5, 0.6) is 0 Å². The highest BCUT2D eigenvalue weighted by atomic mass is 17.0. The Hall–Kier alpha value is -1.60. The summed E-state index contributed by atoms with van der Waals surface area (Å²) >= 11 is 0. The fourth-order valence-corrected chi connectivity index (χ4v) is 1.28. The van der Waals surface area contributed by atoms with Crippen molar-refractivity contribution in [2.45, 2.75) is 18.9 Å². The van der Waals surface area contributed by atoms with E-state index in [1.165, 1.54) is 0 Å². The highest BCUT2D eigenvalue weighted by Gasteiger charge is 2.27. The lowest BCUT2D eigenvalue weighted by Gasteiger charge is -2.24. The van der Waals surface area contributed by atoms with Crippen molar-refractivity contribution in [3.8, 4) is 0 Å². The van der Waals surface area contributed by atoms with E-state index in [1.54, 1.807) is 0 Å². The average Bonchev–Trinajstić information content (AvgIpc) is 2.03. The fraction of sp³-hybridized carbons (Fsp3) is 1.00. The lowest BCUT2D eigenvalue weighted by atomic mass is 10.1. The van der Waals surface area contributed by atoms with Gasteiger partial charge in [0.25, 0.3) is 5.09 Å². The molecule has 1 fully saturated rings. The quantitative estimate of drug-likeness (QED) is 0.454. The predicted octanol–water partition coefficient (Wildman–Crippen LogP) is -0.149. The molecule has 1 saturated heterocycles. The monoisotopic (exact) mass is 191 g/mol. The first-order valence-corrected chi connectivity index (χ1v) is 3.80. The maximum atomic E-state index is 10.3. The molecule has 0 amide bonds. The molecule has 1 aliphatic heterocycles. The molecule has 1 atom stereocenters. The second-order valence-corrected chi connectivity index (χ2v) is 2.74. The molecule has 0 aromatic heterocycles. The molecule has 0 aromatic rings. The summed E-state index contributed by atoms with van der Waals surface area (Å²) in [6, 6.07) is 0. The number of hydrogen-bond acceptors (Lipinski definition) is 5. The van der Waals surface area contributed by atoms with E-state index in [4.69, 9.17) is 0 Å². The minimum atomic E-state index is -0.909. The molecule has 1 rings (SSSR count). The third-order valence-corrected chi connectivity index (χ3v) is 1.82. The summed E-state index contributed by atoms with van der Waals surface area (Å²) in [5, 5.41) is 19.7. The van der Waals surface area contributed by atoms with Gasteiger partial charge < -0.3 is 4.84 Å². The van der Waals surface area contributed by atoms with Crippen molar-refractivity contribution in [3.05, 3.63) is 20.2 Å². The van der Waals surface area contributed by atoms with Crippen LogP contribution < -0.4 is 0 Å². The Labute approximate surface area is 73.3 Å². The Morgan fingerprint density at radius 2 is 2.08 bits per heavy atom. The highest BCUT2D eigenvalue weighted by molar-refractivity contribution is 4.66. The lowest BCUT2D eigenvalue weighted by molar-refractivity contribution is -0.773. The molecule has 1 aliphatic rings. The number of rotatable bonds is 3. The molecule has 0 saturated carbocycles. The van der Waals surface area contributed by atoms with Crippen molar-refractivity contribution in [3.63, 3.8) is 0 Å². The smallest absolute Gasteiger partial charge is 0.294 e. The summed E-state index contributed by atoms with van der Waals surface area (Å²) in [7, 11) is 0. The van der Waals surface area contributed by atoms with Crippen LogP contribution in [-0.4, -0.2) is 34.3 Å². The minimum absolute atomic E-state index is 0.0199. The Morgan fingerprint density at radius 1 is 1.38 bits per heavy atom. The van der Waals surface area contributed by atoms with Gasteiger partial charge in [-0.3, -0.25) is 0 Å². The van der Waals surface area contributed by atoms with Crippen molar-refractivity contribution < 1.29 is 15.0 Å². The van der Waals surface area contributed by atoms with Crippen LogP contribution in [0.25, 0.3) is 0 Å². The highest BCUT2D eigenvalue weighted by Crippen LogP contribution is 2.12. The fourth-order valence-electron chi connectivity index (χ4n) is 1.28. The summed E-state index contributed by atoms with van der Waals surface area (Å²) in [6.45, 7) is 0.304. The summed E-state index contributed by atoms with van der Waals surface area (Å²) in [5.74, 6) is 0. The van der Waals surface area contributed by atoms with E-state index in [9.17, 15) is 20.2 Å². The van der Waals surface area contributed by atoms with E-state index in [-0.39, 0.29) is 6.54 Å². The van der Waals surface area contributed by atoms with Gasteiger partial charge in [-0.1, -0.05) is 0 Å². The average molecular weight is 191 g/mol. The first-order chi connectivity index (χ1) is 6.09. The van der Waals surface area contributed by atoms with E-state index < -0.39 is 16.2 Å². The molecular formula is C5H9N3O5. The number of nitrogens with zero attached hydrogens (tertiary/aromatic N) is 3. The first-order valence-electron chi connectivity index (χ1n) is 3.80. The molecular weight excluding hydrogens is 182 g/mol.